The van der Waals surface area contributed by atoms with E-state index in [0.29, 0.717) is 9.47 Å². The highest BCUT2D eigenvalue weighted by Gasteiger charge is 2.20. The second-order valence-corrected chi connectivity index (χ2v) is 7.56. The molecule has 2 rings (SSSR count). The molecule has 2 aromatic rings. The molecule has 1 heterocycles. The maximum absolute atomic E-state index is 13.6. The fourth-order valence-electron chi connectivity index (χ4n) is 1.75. The first-order chi connectivity index (χ1) is 11.5. The first kappa shape index (κ1) is 18.6. The zero-order chi connectivity index (χ0) is 17.5. The Kier molecular flexibility index (Phi) is 6.92. The summed E-state index contributed by atoms with van der Waals surface area (Å²) in [6.45, 7) is 4.56. The average molecular weight is 372 g/mol. The number of halogens is 2. The summed E-state index contributed by atoms with van der Waals surface area (Å²) in [6, 6.07) is 3.43. The lowest BCUT2D eigenvalue weighted by atomic mass is 10.3. The fourth-order valence-corrected chi connectivity index (χ4v) is 3.67. The maximum Gasteiger partial charge on any atom is 0.237 e. The number of para-hydroxylation sites is 1. The van der Waals surface area contributed by atoms with Crippen molar-refractivity contribution < 1.29 is 13.6 Å². The van der Waals surface area contributed by atoms with E-state index in [9.17, 15) is 13.6 Å². The van der Waals surface area contributed by atoms with Gasteiger partial charge in [-0.15, -0.1) is 10.2 Å². The third-order valence-electron chi connectivity index (χ3n) is 3.07. The minimum Gasteiger partial charge on any atom is -0.360 e. The Bertz CT molecular complexity index is 676. The maximum atomic E-state index is 13.6. The predicted octanol–water partition coefficient (Wildman–Crippen LogP) is 4.15. The molecular formula is C15H18F2N4OS2. The van der Waals surface area contributed by atoms with Gasteiger partial charge in [-0.25, -0.2) is 8.78 Å². The van der Waals surface area contributed by atoms with Crippen LogP contribution in [0.4, 0.5) is 19.6 Å². The molecule has 0 unspecified atom stereocenters. The largest absolute Gasteiger partial charge is 0.360 e. The van der Waals surface area contributed by atoms with Gasteiger partial charge in [-0.1, -0.05) is 42.5 Å². The number of amides is 1. The summed E-state index contributed by atoms with van der Waals surface area (Å²) in [5.74, 6) is -2.11. The van der Waals surface area contributed by atoms with Gasteiger partial charge in [0.15, 0.2) is 4.34 Å². The van der Waals surface area contributed by atoms with Crippen molar-refractivity contribution in [2.24, 2.45) is 0 Å². The van der Waals surface area contributed by atoms with Crippen LogP contribution in [0.1, 0.15) is 26.7 Å². The standard InChI is InChI=1S/C15H18F2N4OS2/c1-3-4-8-18-14-20-21-15(24-14)23-9(2)13(22)19-12-10(16)6-5-7-11(12)17/h5-7,9H,3-4,8H2,1-2H3,(H,18,20)(H,19,22)/t9-/m0/s1. The van der Waals surface area contributed by atoms with E-state index in [4.69, 9.17) is 0 Å². The van der Waals surface area contributed by atoms with E-state index in [1.807, 2.05) is 0 Å². The van der Waals surface area contributed by atoms with Crippen LogP contribution in [0.3, 0.4) is 0 Å². The molecule has 1 aromatic carbocycles. The normalized spacial score (nSPS) is 12.0. The van der Waals surface area contributed by atoms with Crippen LogP contribution in [0.5, 0.6) is 0 Å². The van der Waals surface area contributed by atoms with E-state index in [2.05, 4.69) is 27.8 Å². The van der Waals surface area contributed by atoms with E-state index in [0.717, 1.165) is 31.5 Å². The van der Waals surface area contributed by atoms with Crippen LogP contribution in [0.15, 0.2) is 22.5 Å². The van der Waals surface area contributed by atoms with Crippen molar-refractivity contribution in [3.05, 3.63) is 29.8 Å². The molecule has 0 saturated carbocycles. The van der Waals surface area contributed by atoms with E-state index >= 15 is 0 Å². The Labute approximate surface area is 147 Å². The zero-order valence-corrected chi connectivity index (χ0v) is 14.9. The Morgan fingerprint density at radius 3 is 2.71 bits per heavy atom. The first-order valence-electron chi connectivity index (χ1n) is 7.50. The topological polar surface area (TPSA) is 66.9 Å². The summed E-state index contributed by atoms with van der Waals surface area (Å²) in [5.41, 5.74) is -0.436. The molecular weight excluding hydrogens is 354 g/mol. The monoisotopic (exact) mass is 372 g/mol. The Morgan fingerprint density at radius 2 is 2.04 bits per heavy atom. The number of hydrogen-bond acceptors (Lipinski definition) is 6. The molecule has 0 saturated heterocycles. The molecule has 0 aliphatic rings. The van der Waals surface area contributed by atoms with Gasteiger partial charge in [-0.3, -0.25) is 4.79 Å². The molecule has 0 spiro atoms. The number of anilines is 2. The molecule has 130 valence electrons. The first-order valence-corrected chi connectivity index (χ1v) is 9.19. The average Bonchev–Trinajstić information content (AvgIpc) is 2.98. The quantitative estimate of drug-likeness (QED) is 0.538. The molecule has 0 bridgehead atoms. The molecule has 24 heavy (non-hydrogen) atoms. The molecule has 5 nitrogen and oxygen atoms in total. The van der Waals surface area contributed by atoms with Crippen molar-refractivity contribution in [3.8, 4) is 0 Å². The van der Waals surface area contributed by atoms with Gasteiger partial charge >= 0.3 is 0 Å². The highest BCUT2D eigenvalue weighted by molar-refractivity contribution is 8.02. The van der Waals surface area contributed by atoms with Crippen molar-refractivity contribution in [2.45, 2.75) is 36.3 Å². The van der Waals surface area contributed by atoms with E-state index in [1.54, 1.807) is 6.92 Å². The minimum atomic E-state index is -0.807. The van der Waals surface area contributed by atoms with Gasteiger partial charge in [-0.2, -0.15) is 0 Å². The minimum absolute atomic E-state index is 0.436. The molecule has 0 aliphatic heterocycles. The van der Waals surface area contributed by atoms with Crippen LogP contribution in [-0.4, -0.2) is 27.9 Å². The van der Waals surface area contributed by atoms with E-state index < -0.39 is 28.5 Å². The second kappa shape index (κ2) is 8.93. The highest BCUT2D eigenvalue weighted by Crippen LogP contribution is 2.30. The van der Waals surface area contributed by atoms with Gasteiger partial charge in [0.1, 0.15) is 17.3 Å². The van der Waals surface area contributed by atoms with Crippen molar-refractivity contribution in [1.29, 1.82) is 0 Å². The van der Waals surface area contributed by atoms with E-state index in [-0.39, 0.29) is 0 Å². The van der Waals surface area contributed by atoms with Crippen molar-refractivity contribution in [3.63, 3.8) is 0 Å². The molecule has 0 fully saturated rings. The van der Waals surface area contributed by atoms with Gasteiger partial charge < -0.3 is 10.6 Å². The number of unbranched alkanes of at least 4 members (excludes halogenated alkanes) is 1. The van der Waals surface area contributed by atoms with Gasteiger partial charge in [0.2, 0.25) is 11.0 Å². The van der Waals surface area contributed by atoms with Crippen LogP contribution >= 0.6 is 23.1 Å². The van der Waals surface area contributed by atoms with Gasteiger partial charge in [-0.05, 0) is 25.5 Å². The number of thioether (sulfide) groups is 1. The lowest BCUT2D eigenvalue weighted by Gasteiger charge is -2.11. The lowest BCUT2D eigenvalue weighted by molar-refractivity contribution is -0.115. The summed E-state index contributed by atoms with van der Waals surface area (Å²) in [5, 5.41) is 13.6. The van der Waals surface area contributed by atoms with Gasteiger partial charge in [0.05, 0.1) is 5.25 Å². The Hall–Kier alpha value is -1.74. The van der Waals surface area contributed by atoms with Crippen LogP contribution < -0.4 is 10.6 Å². The summed E-state index contributed by atoms with van der Waals surface area (Å²) >= 11 is 2.53. The number of benzene rings is 1. The number of nitrogens with zero attached hydrogens (tertiary/aromatic N) is 2. The summed E-state index contributed by atoms with van der Waals surface area (Å²) in [7, 11) is 0. The molecule has 1 atom stereocenters. The van der Waals surface area contributed by atoms with E-state index in [1.165, 1.54) is 29.2 Å². The van der Waals surface area contributed by atoms with Crippen LogP contribution in [0, 0.1) is 11.6 Å². The van der Waals surface area contributed by atoms with Crippen molar-refractivity contribution in [1.82, 2.24) is 10.2 Å². The van der Waals surface area contributed by atoms with Crippen LogP contribution in [0.2, 0.25) is 0 Å². The number of carbonyl (C=O) groups is 1. The smallest absolute Gasteiger partial charge is 0.237 e. The summed E-state index contributed by atoms with van der Waals surface area (Å²) in [6.07, 6.45) is 2.12. The second-order valence-electron chi connectivity index (χ2n) is 5.00. The number of aromatic nitrogens is 2. The van der Waals surface area contributed by atoms with Crippen molar-refractivity contribution >= 4 is 39.8 Å². The number of hydrogen-bond donors (Lipinski definition) is 2. The van der Waals surface area contributed by atoms with Crippen LogP contribution in [-0.2, 0) is 4.79 Å². The summed E-state index contributed by atoms with van der Waals surface area (Å²) in [4.78, 5) is 12.1. The molecule has 1 aromatic heterocycles. The third kappa shape index (κ3) is 5.13. The SMILES string of the molecule is CCCCNc1nnc(S[C@@H](C)C(=O)Nc2c(F)cccc2F)s1. The summed E-state index contributed by atoms with van der Waals surface area (Å²) < 4.78 is 27.7. The Balaban J connectivity index is 1.92. The van der Waals surface area contributed by atoms with Crippen LogP contribution in [0.25, 0.3) is 0 Å². The molecule has 0 aliphatic carbocycles. The fraction of sp³-hybridized carbons (Fsp3) is 0.400. The van der Waals surface area contributed by atoms with Crippen molar-refractivity contribution in [2.75, 3.05) is 17.2 Å². The molecule has 1 amide bonds. The number of nitrogens with one attached hydrogen (secondary N) is 2. The Morgan fingerprint density at radius 1 is 1.33 bits per heavy atom. The molecule has 2 N–H and O–H groups in total. The molecule has 9 heteroatoms. The zero-order valence-electron chi connectivity index (χ0n) is 13.3. The van der Waals surface area contributed by atoms with Gasteiger partial charge in [0, 0.05) is 6.54 Å². The van der Waals surface area contributed by atoms with Gasteiger partial charge in [0.25, 0.3) is 0 Å². The molecule has 0 radical (unpaired) electrons. The predicted molar refractivity (Wildman–Crippen MR) is 93.6 cm³/mol. The third-order valence-corrected chi connectivity index (χ3v) is 5.14. The number of rotatable bonds is 8. The highest BCUT2D eigenvalue weighted by atomic mass is 32.2. The number of carbonyl (C=O) groups excluding carboxylic acids is 1. The lowest BCUT2D eigenvalue weighted by Crippen LogP contribution is -2.23.